The SMILES string of the molecule is CC(C)(C)N(Cc1cccc(-n2nc(C#N)cc2C(=O)Nc2cc([C@](CCC3CC3)(N[S@+]([O-])C(C)(C)C)c3ccc(C#N)cc3)ccc2F)c1)C(=O)O. The van der Waals surface area contributed by atoms with Gasteiger partial charge in [-0.3, -0.25) is 9.69 Å². The Hall–Kier alpha value is -5.21. The molecule has 1 heterocycles. The van der Waals surface area contributed by atoms with Crippen LogP contribution in [0.2, 0.25) is 0 Å². The van der Waals surface area contributed by atoms with Gasteiger partial charge >= 0.3 is 6.09 Å². The molecule has 276 valence electrons. The molecule has 2 amide bonds. The van der Waals surface area contributed by atoms with Crippen LogP contribution < -0.4 is 10.0 Å². The maximum Gasteiger partial charge on any atom is 0.408 e. The third-order valence-corrected chi connectivity index (χ3v) is 10.9. The van der Waals surface area contributed by atoms with Crippen molar-refractivity contribution in [1.82, 2.24) is 19.4 Å². The first kappa shape index (κ1) is 39.0. The number of benzene rings is 3. The van der Waals surface area contributed by atoms with E-state index in [1.807, 2.05) is 39.0 Å². The van der Waals surface area contributed by atoms with E-state index in [4.69, 9.17) is 0 Å². The molecule has 11 nitrogen and oxygen atoms in total. The zero-order valence-electron chi connectivity index (χ0n) is 30.7. The predicted octanol–water partition coefficient (Wildman–Crippen LogP) is 7.77. The lowest BCUT2D eigenvalue weighted by Crippen LogP contribution is -2.52. The molecule has 4 aromatic rings. The zero-order chi connectivity index (χ0) is 38.7. The van der Waals surface area contributed by atoms with Gasteiger partial charge in [-0.15, -0.1) is 4.72 Å². The maximum atomic E-state index is 15.7. The van der Waals surface area contributed by atoms with E-state index in [1.165, 1.54) is 27.8 Å². The highest BCUT2D eigenvalue weighted by Crippen LogP contribution is 2.43. The minimum Gasteiger partial charge on any atom is -0.598 e. The molecular formula is C40H44FN7O4S. The Morgan fingerprint density at radius 1 is 1.00 bits per heavy atom. The second-order valence-corrected chi connectivity index (χ2v) is 17.3. The fraction of sp³-hybridized carbons (Fsp3) is 0.375. The van der Waals surface area contributed by atoms with Gasteiger partial charge in [0.05, 0.1) is 23.0 Å². The number of carboxylic acid groups (broad SMARTS) is 1. The van der Waals surface area contributed by atoms with Crippen LogP contribution in [0.4, 0.5) is 14.9 Å². The average molecular weight is 738 g/mol. The topological polar surface area (TPSA) is 170 Å². The van der Waals surface area contributed by atoms with E-state index in [-0.39, 0.29) is 23.6 Å². The molecule has 53 heavy (non-hydrogen) atoms. The first-order valence-electron chi connectivity index (χ1n) is 17.4. The average Bonchev–Trinajstić information content (AvgIpc) is 3.84. The lowest BCUT2D eigenvalue weighted by Gasteiger charge is -2.39. The first-order valence-corrected chi connectivity index (χ1v) is 18.5. The normalized spacial score (nSPS) is 14.8. The van der Waals surface area contributed by atoms with Crippen LogP contribution >= 0.6 is 0 Å². The van der Waals surface area contributed by atoms with Gasteiger partial charge in [0.15, 0.2) is 5.69 Å². The van der Waals surface area contributed by atoms with Crippen LogP contribution in [0.15, 0.2) is 72.8 Å². The van der Waals surface area contributed by atoms with Crippen molar-refractivity contribution < 1.29 is 23.6 Å². The highest BCUT2D eigenvalue weighted by Gasteiger charge is 2.43. The minimum absolute atomic E-state index is 0.0477. The predicted molar refractivity (Wildman–Crippen MR) is 201 cm³/mol. The number of halogens is 1. The number of rotatable bonds is 12. The first-order chi connectivity index (χ1) is 24.9. The van der Waals surface area contributed by atoms with Crippen molar-refractivity contribution in [2.45, 2.75) is 89.6 Å². The number of nitrogens with zero attached hydrogens (tertiary/aromatic N) is 5. The summed E-state index contributed by atoms with van der Waals surface area (Å²) in [6.07, 6.45) is 2.42. The summed E-state index contributed by atoms with van der Waals surface area (Å²) in [6, 6.07) is 23.6. The second-order valence-electron chi connectivity index (χ2n) is 15.4. The molecule has 2 atom stereocenters. The Balaban J connectivity index is 1.55. The third kappa shape index (κ3) is 9.06. The third-order valence-electron chi connectivity index (χ3n) is 9.25. The van der Waals surface area contributed by atoms with Crippen molar-refractivity contribution in [2.75, 3.05) is 5.32 Å². The number of amides is 2. The summed E-state index contributed by atoms with van der Waals surface area (Å²) in [6.45, 7) is 11.0. The van der Waals surface area contributed by atoms with Crippen molar-refractivity contribution >= 4 is 29.0 Å². The summed E-state index contributed by atoms with van der Waals surface area (Å²) < 4.78 is 33.5. The summed E-state index contributed by atoms with van der Waals surface area (Å²) in [7, 11) is 0. The fourth-order valence-corrected chi connectivity index (χ4v) is 6.98. The van der Waals surface area contributed by atoms with Gasteiger partial charge in [-0.1, -0.05) is 43.2 Å². The molecule has 1 saturated carbocycles. The number of nitrogens with one attached hydrogen (secondary N) is 2. The van der Waals surface area contributed by atoms with Crippen molar-refractivity contribution in [3.05, 3.63) is 112 Å². The summed E-state index contributed by atoms with van der Waals surface area (Å²) >= 11 is -1.57. The molecular weight excluding hydrogens is 694 g/mol. The molecule has 1 aliphatic carbocycles. The van der Waals surface area contributed by atoms with Crippen LogP contribution in [0.3, 0.4) is 0 Å². The molecule has 1 aliphatic rings. The number of hydrogen-bond acceptors (Lipinski definition) is 7. The Morgan fingerprint density at radius 3 is 2.26 bits per heavy atom. The number of aromatic nitrogens is 2. The van der Waals surface area contributed by atoms with Crippen molar-refractivity contribution in [3.63, 3.8) is 0 Å². The standard InChI is InChI=1S/C40H44FN7O4S/c1-38(2,3)47(37(50)51)25-28-8-7-9-32(20-28)48-35(22-31(24-43)45-48)36(49)44-34-21-30(16-17-33(34)41)40(19-18-26-10-11-26,46-53(52)39(4,5)6)29-14-12-27(23-42)13-15-29/h7-9,12-17,20-22,26,46H,10-11,18-19,25H2,1-6H3,(H,44,49)(H,50,51)/t40-,53-/m1/s1. The van der Waals surface area contributed by atoms with Gasteiger partial charge in [-0.25, -0.2) is 13.9 Å². The van der Waals surface area contributed by atoms with E-state index in [2.05, 4.69) is 21.2 Å². The lowest BCUT2D eigenvalue weighted by molar-refractivity contribution is 0.0954. The maximum absolute atomic E-state index is 15.7. The van der Waals surface area contributed by atoms with Gasteiger partial charge in [-0.05, 0) is 113 Å². The van der Waals surface area contributed by atoms with Gasteiger partial charge in [0.2, 0.25) is 0 Å². The van der Waals surface area contributed by atoms with Gasteiger partial charge < -0.3 is 15.0 Å². The van der Waals surface area contributed by atoms with E-state index in [9.17, 15) is 29.8 Å². The van der Waals surface area contributed by atoms with Crippen molar-refractivity contribution in [3.8, 4) is 17.8 Å². The summed E-state index contributed by atoms with van der Waals surface area (Å²) in [5.74, 6) is -0.944. The molecule has 3 N–H and O–H groups in total. The number of anilines is 1. The van der Waals surface area contributed by atoms with Gasteiger partial charge in [0, 0.05) is 29.5 Å². The Bertz CT molecular complexity index is 2070. The molecule has 3 aromatic carbocycles. The molecule has 13 heteroatoms. The van der Waals surface area contributed by atoms with Crippen molar-refractivity contribution in [1.29, 1.82) is 10.5 Å². The molecule has 0 radical (unpaired) electrons. The van der Waals surface area contributed by atoms with Crippen molar-refractivity contribution in [2.24, 2.45) is 5.92 Å². The summed E-state index contributed by atoms with van der Waals surface area (Å²) in [5.41, 5.74) is 0.803. The number of nitriles is 2. The number of carbonyl (C=O) groups excluding carboxylic acids is 1. The molecule has 0 bridgehead atoms. The molecule has 1 aromatic heterocycles. The van der Waals surface area contributed by atoms with E-state index in [0.717, 1.165) is 24.8 Å². The molecule has 1 fully saturated rings. The quantitative estimate of drug-likeness (QED) is 0.124. The fourth-order valence-electron chi connectivity index (χ4n) is 6.02. The number of carbonyl (C=O) groups is 2. The van der Waals surface area contributed by atoms with Crippen LogP contribution in [0.1, 0.15) is 106 Å². The van der Waals surface area contributed by atoms with E-state index < -0.39 is 45.0 Å². The zero-order valence-corrected chi connectivity index (χ0v) is 31.6. The van der Waals surface area contributed by atoms with Crippen LogP contribution in [-0.2, 0) is 23.4 Å². The van der Waals surface area contributed by atoms with Gasteiger partial charge in [0.1, 0.15) is 27.9 Å². The molecule has 0 saturated heterocycles. The molecule has 0 spiro atoms. The molecule has 0 unspecified atom stereocenters. The highest BCUT2D eigenvalue weighted by molar-refractivity contribution is 7.90. The van der Waals surface area contributed by atoms with E-state index in [1.54, 1.807) is 63.2 Å². The second kappa shape index (κ2) is 15.4. The summed E-state index contributed by atoms with van der Waals surface area (Å²) in [5, 5.41) is 36.0. The van der Waals surface area contributed by atoms with E-state index >= 15 is 4.39 Å². The largest absolute Gasteiger partial charge is 0.598 e. The van der Waals surface area contributed by atoms with Crippen LogP contribution in [0.25, 0.3) is 5.69 Å². The van der Waals surface area contributed by atoms with Gasteiger partial charge in [0.25, 0.3) is 5.91 Å². The van der Waals surface area contributed by atoms with E-state index in [0.29, 0.717) is 34.7 Å². The smallest absolute Gasteiger partial charge is 0.408 e. The molecule has 0 aliphatic heterocycles. The van der Waals surface area contributed by atoms with Crippen LogP contribution in [0.5, 0.6) is 0 Å². The van der Waals surface area contributed by atoms with Crippen LogP contribution in [0, 0.1) is 34.4 Å². The Kier molecular flexibility index (Phi) is 11.3. The Morgan fingerprint density at radius 2 is 1.68 bits per heavy atom. The Labute approximate surface area is 312 Å². The van der Waals surface area contributed by atoms with Gasteiger partial charge in [-0.2, -0.15) is 15.6 Å². The molecule has 5 rings (SSSR count). The monoisotopic (exact) mass is 737 g/mol. The lowest BCUT2D eigenvalue weighted by atomic mass is 9.79. The summed E-state index contributed by atoms with van der Waals surface area (Å²) in [4.78, 5) is 27.3. The minimum atomic E-state index is -1.57. The van der Waals surface area contributed by atoms with Crippen LogP contribution in [-0.4, -0.2) is 46.6 Å². The highest BCUT2D eigenvalue weighted by atomic mass is 32.2. The number of hydrogen-bond donors (Lipinski definition) is 3.